The Kier molecular flexibility index (Phi) is 2.12. The van der Waals surface area contributed by atoms with Crippen LogP contribution in [0, 0.1) is 5.92 Å². The fraction of sp³-hybridized carbons (Fsp3) is 0.556. The van der Waals surface area contributed by atoms with E-state index in [2.05, 4.69) is 17.1 Å². The Morgan fingerprint density at radius 3 is 3.00 bits per heavy atom. The first-order valence-electron chi connectivity index (χ1n) is 4.51. The molecule has 0 bridgehead atoms. The molecule has 0 amide bonds. The molecule has 0 radical (unpaired) electrons. The predicted molar refractivity (Wildman–Crippen MR) is 52.6 cm³/mol. The Bertz CT molecular complexity index is 327. The Labute approximate surface area is 82.3 Å². The lowest BCUT2D eigenvalue weighted by Crippen LogP contribution is -1.99. The molecule has 2 N–H and O–H groups in total. The van der Waals surface area contributed by atoms with Gasteiger partial charge in [-0.3, -0.25) is 0 Å². The molecule has 1 aromatic heterocycles. The van der Waals surface area contributed by atoms with E-state index in [0.717, 1.165) is 11.5 Å². The summed E-state index contributed by atoms with van der Waals surface area (Å²) in [6.07, 6.45) is 2.41. The Morgan fingerprint density at radius 1 is 1.62 bits per heavy atom. The maximum absolute atomic E-state index is 5.75. The number of aromatic nitrogens is 2. The number of nitrogens with two attached hydrogens (primary N) is 1. The highest BCUT2D eigenvalue weighted by Crippen LogP contribution is 2.50. The molecule has 3 nitrogen and oxygen atoms in total. The van der Waals surface area contributed by atoms with Crippen molar-refractivity contribution in [2.45, 2.75) is 25.7 Å². The van der Waals surface area contributed by atoms with Crippen LogP contribution in [0.5, 0.6) is 0 Å². The van der Waals surface area contributed by atoms with Gasteiger partial charge in [-0.25, -0.2) is 0 Å². The van der Waals surface area contributed by atoms with Crippen molar-refractivity contribution >= 4 is 17.4 Å². The van der Waals surface area contributed by atoms with Gasteiger partial charge in [-0.1, -0.05) is 24.9 Å². The molecule has 1 aliphatic carbocycles. The molecular formula is C9H12ClN3. The van der Waals surface area contributed by atoms with Crippen molar-refractivity contribution in [1.82, 2.24) is 10.2 Å². The van der Waals surface area contributed by atoms with E-state index in [1.807, 2.05) is 6.07 Å². The van der Waals surface area contributed by atoms with Gasteiger partial charge in [0.2, 0.25) is 0 Å². The van der Waals surface area contributed by atoms with Crippen molar-refractivity contribution in [2.24, 2.45) is 5.92 Å². The standard InChI is InChI=1S/C9H12ClN3/c1-2-5-3-6(5)7-4-8(10)12-13-9(7)11/h4-6H,2-3H2,1H3,(H2,11,13)/t5-,6-/m0/s1. The first-order valence-corrected chi connectivity index (χ1v) is 4.88. The lowest BCUT2D eigenvalue weighted by Gasteiger charge is -2.02. The molecule has 1 aromatic rings. The number of hydrogen-bond donors (Lipinski definition) is 1. The molecule has 4 heteroatoms. The van der Waals surface area contributed by atoms with E-state index in [-0.39, 0.29) is 0 Å². The topological polar surface area (TPSA) is 51.8 Å². The summed E-state index contributed by atoms with van der Waals surface area (Å²) < 4.78 is 0. The van der Waals surface area contributed by atoms with Crippen molar-refractivity contribution in [2.75, 3.05) is 5.73 Å². The molecular weight excluding hydrogens is 186 g/mol. The van der Waals surface area contributed by atoms with Crippen LogP contribution in [0.3, 0.4) is 0 Å². The average Bonchev–Trinajstić information content (AvgIpc) is 2.88. The van der Waals surface area contributed by atoms with E-state index >= 15 is 0 Å². The Balaban J connectivity index is 2.25. The van der Waals surface area contributed by atoms with Crippen molar-refractivity contribution in [3.8, 4) is 0 Å². The van der Waals surface area contributed by atoms with Crippen LogP contribution in [-0.4, -0.2) is 10.2 Å². The number of anilines is 1. The van der Waals surface area contributed by atoms with Gasteiger partial charge in [0.1, 0.15) is 5.82 Å². The zero-order valence-electron chi connectivity index (χ0n) is 7.50. The molecule has 0 aliphatic heterocycles. The molecule has 1 aliphatic rings. The minimum atomic E-state index is 0.436. The second-order valence-corrected chi connectivity index (χ2v) is 3.91. The SMILES string of the molecule is CC[C@H]1C[C@@H]1c1cc(Cl)nnc1N. The van der Waals surface area contributed by atoms with Crippen LogP contribution in [0.4, 0.5) is 5.82 Å². The molecule has 0 aromatic carbocycles. The molecule has 0 saturated heterocycles. The van der Waals surface area contributed by atoms with Crippen molar-refractivity contribution < 1.29 is 0 Å². The number of rotatable bonds is 2. The first-order chi connectivity index (χ1) is 6.22. The second-order valence-electron chi connectivity index (χ2n) is 3.52. The van der Waals surface area contributed by atoms with E-state index < -0.39 is 0 Å². The minimum absolute atomic E-state index is 0.436. The average molecular weight is 198 g/mol. The highest BCUT2D eigenvalue weighted by Gasteiger charge is 2.38. The van der Waals surface area contributed by atoms with E-state index in [0.29, 0.717) is 16.9 Å². The molecule has 1 saturated carbocycles. The van der Waals surface area contributed by atoms with E-state index in [9.17, 15) is 0 Å². The van der Waals surface area contributed by atoms with Crippen LogP contribution in [0.2, 0.25) is 5.15 Å². The Morgan fingerprint density at radius 2 is 2.38 bits per heavy atom. The summed E-state index contributed by atoms with van der Waals surface area (Å²) in [5.41, 5.74) is 6.79. The zero-order valence-corrected chi connectivity index (χ0v) is 8.25. The van der Waals surface area contributed by atoms with Gasteiger partial charge in [0.25, 0.3) is 0 Å². The monoisotopic (exact) mass is 197 g/mol. The van der Waals surface area contributed by atoms with Crippen LogP contribution in [0.15, 0.2) is 6.07 Å². The highest BCUT2D eigenvalue weighted by atomic mass is 35.5. The number of nitrogen functional groups attached to an aromatic ring is 1. The quantitative estimate of drug-likeness (QED) is 0.791. The normalized spacial score (nSPS) is 26.0. The minimum Gasteiger partial charge on any atom is -0.382 e. The fourth-order valence-electron chi connectivity index (χ4n) is 1.77. The van der Waals surface area contributed by atoms with Crippen LogP contribution in [-0.2, 0) is 0 Å². The summed E-state index contributed by atoms with van der Waals surface area (Å²) >= 11 is 5.75. The predicted octanol–water partition coefficient (Wildman–Crippen LogP) is 2.23. The molecule has 0 unspecified atom stereocenters. The van der Waals surface area contributed by atoms with Crippen LogP contribution in [0.25, 0.3) is 0 Å². The van der Waals surface area contributed by atoms with Gasteiger partial charge < -0.3 is 5.73 Å². The summed E-state index contributed by atoms with van der Waals surface area (Å²) in [4.78, 5) is 0. The number of halogens is 1. The van der Waals surface area contributed by atoms with Crippen LogP contribution >= 0.6 is 11.6 Å². The molecule has 1 heterocycles. The van der Waals surface area contributed by atoms with Gasteiger partial charge >= 0.3 is 0 Å². The summed E-state index contributed by atoms with van der Waals surface area (Å²) in [5, 5.41) is 7.93. The fourth-order valence-corrected chi connectivity index (χ4v) is 1.92. The largest absolute Gasteiger partial charge is 0.382 e. The maximum atomic E-state index is 5.75. The smallest absolute Gasteiger partial charge is 0.152 e. The molecule has 2 atom stereocenters. The third-order valence-electron chi connectivity index (χ3n) is 2.67. The summed E-state index contributed by atoms with van der Waals surface area (Å²) in [7, 11) is 0. The lowest BCUT2D eigenvalue weighted by atomic mass is 10.1. The molecule has 0 spiro atoms. The Hall–Kier alpha value is -0.830. The molecule has 13 heavy (non-hydrogen) atoms. The second kappa shape index (κ2) is 3.14. The van der Waals surface area contributed by atoms with Crippen LogP contribution in [0.1, 0.15) is 31.2 Å². The van der Waals surface area contributed by atoms with Crippen molar-refractivity contribution in [1.29, 1.82) is 0 Å². The molecule has 70 valence electrons. The van der Waals surface area contributed by atoms with Crippen molar-refractivity contribution in [3.05, 3.63) is 16.8 Å². The first kappa shape index (κ1) is 8.75. The molecule has 2 rings (SSSR count). The van der Waals surface area contributed by atoms with E-state index in [1.165, 1.54) is 12.8 Å². The third-order valence-corrected chi connectivity index (χ3v) is 2.85. The zero-order chi connectivity index (χ0) is 9.42. The summed E-state index contributed by atoms with van der Waals surface area (Å²) in [6, 6.07) is 1.84. The number of nitrogens with zero attached hydrogens (tertiary/aromatic N) is 2. The lowest BCUT2D eigenvalue weighted by molar-refractivity contribution is 0.764. The maximum Gasteiger partial charge on any atom is 0.152 e. The van der Waals surface area contributed by atoms with Crippen molar-refractivity contribution in [3.63, 3.8) is 0 Å². The van der Waals surface area contributed by atoms with Gasteiger partial charge in [-0.05, 0) is 24.3 Å². The summed E-state index contributed by atoms with van der Waals surface area (Å²) in [5.74, 6) is 1.87. The van der Waals surface area contributed by atoms with Gasteiger partial charge in [0.05, 0.1) is 0 Å². The van der Waals surface area contributed by atoms with Crippen LogP contribution < -0.4 is 5.73 Å². The highest BCUT2D eigenvalue weighted by molar-refractivity contribution is 6.29. The summed E-state index contributed by atoms with van der Waals surface area (Å²) in [6.45, 7) is 2.19. The van der Waals surface area contributed by atoms with E-state index in [4.69, 9.17) is 17.3 Å². The van der Waals surface area contributed by atoms with Gasteiger partial charge in [-0.15, -0.1) is 10.2 Å². The molecule has 1 fully saturated rings. The number of hydrogen-bond acceptors (Lipinski definition) is 3. The van der Waals surface area contributed by atoms with Gasteiger partial charge in [0, 0.05) is 5.56 Å². The third kappa shape index (κ3) is 1.61. The van der Waals surface area contributed by atoms with Gasteiger partial charge in [-0.2, -0.15) is 0 Å². The van der Waals surface area contributed by atoms with Gasteiger partial charge in [0.15, 0.2) is 5.15 Å². The van der Waals surface area contributed by atoms with E-state index in [1.54, 1.807) is 0 Å².